The fourth-order valence-electron chi connectivity index (χ4n) is 1.90. The first-order valence-electron chi connectivity index (χ1n) is 6.63. The van der Waals surface area contributed by atoms with Crippen LogP contribution in [0.25, 0.3) is 0 Å². The molecular weight excluding hydrogens is 255 g/mol. The second kappa shape index (κ2) is 5.86. The van der Waals surface area contributed by atoms with Crippen LogP contribution in [0.5, 0.6) is 0 Å². The molecule has 106 valence electrons. The number of anilines is 3. The molecule has 0 atom stereocenters. The summed E-state index contributed by atoms with van der Waals surface area (Å²) in [6.07, 6.45) is 0. The van der Waals surface area contributed by atoms with Crippen molar-refractivity contribution >= 4 is 17.3 Å². The molecule has 0 amide bonds. The molecule has 2 N–H and O–H groups in total. The SMILES string of the molecule is CCNc1nc(C)nc(Nc2ccc(C)c(F)c2)c1C. The summed E-state index contributed by atoms with van der Waals surface area (Å²) in [5.41, 5.74) is 2.22. The van der Waals surface area contributed by atoms with Crippen molar-refractivity contribution in [2.45, 2.75) is 27.7 Å². The van der Waals surface area contributed by atoms with Crippen LogP contribution in [0.2, 0.25) is 0 Å². The molecule has 5 heteroatoms. The maximum atomic E-state index is 13.6. The quantitative estimate of drug-likeness (QED) is 0.892. The molecule has 2 rings (SSSR count). The van der Waals surface area contributed by atoms with E-state index in [-0.39, 0.29) is 5.82 Å². The van der Waals surface area contributed by atoms with Gasteiger partial charge in [-0.3, -0.25) is 0 Å². The molecule has 0 aliphatic carbocycles. The van der Waals surface area contributed by atoms with Gasteiger partial charge in [-0.1, -0.05) is 6.07 Å². The van der Waals surface area contributed by atoms with Gasteiger partial charge in [-0.15, -0.1) is 0 Å². The maximum Gasteiger partial charge on any atom is 0.139 e. The van der Waals surface area contributed by atoms with Crippen molar-refractivity contribution in [2.24, 2.45) is 0 Å². The molecule has 2 aromatic rings. The lowest BCUT2D eigenvalue weighted by molar-refractivity contribution is 0.619. The Kier molecular flexibility index (Phi) is 4.17. The van der Waals surface area contributed by atoms with Crippen LogP contribution < -0.4 is 10.6 Å². The van der Waals surface area contributed by atoms with Gasteiger partial charge in [0, 0.05) is 17.8 Å². The van der Waals surface area contributed by atoms with Crippen molar-refractivity contribution in [1.29, 1.82) is 0 Å². The van der Waals surface area contributed by atoms with Gasteiger partial charge >= 0.3 is 0 Å². The zero-order valence-electron chi connectivity index (χ0n) is 12.2. The molecule has 0 saturated carbocycles. The van der Waals surface area contributed by atoms with Crippen LogP contribution in [-0.4, -0.2) is 16.5 Å². The minimum atomic E-state index is -0.231. The van der Waals surface area contributed by atoms with Crippen molar-refractivity contribution in [3.8, 4) is 0 Å². The first-order chi connectivity index (χ1) is 9.51. The lowest BCUT2D eigenvalue weighted by atomic mass is 10.2. The Morgan fingerprint density at radius 2 is 1.80 bits per heavy atom. The molecular formula is C15H19FN4. The molecule has 20 heavy (non-hydrogen) atoms. The molecule has 0 radical (unpaired) electrons. The molecule has 0 spiro atoms. The third kappa shape index (κ3) is 3.04. The van der Waals surface area contributed by atoms with E-state index in [1.165, 1.54) is 6.07 Å². The van der Waals surface area contributed by atoms with E-state index in [4.69, 9.17) is 0 Å². The standard InChI is InChI=1S/C15H19FN4/c1-5-17-14-10(3)15(19-11(4)18-14)20-12-7-6-9(2)13(16)8-12/h6-8H,5H2,1-4H3,(H2,17,18,19,20). The minimum Gasteiger partial charge on any atom is -0.370 e. The highest BCUT2D eigenvalue weighted by Crippen LogP contribution is 2.24. The van der Waals surface area contributed by atoms with E-state index in [2.05, 4.69) is 20.6 Å². The van der Waals surface area contributed by atoms with Gasteiger partial charge in [0.25, 0.3) is 0 Å². The predicted molar refractivity (Wildman–Crippen MR) is 80.1 cm³/mol. The lowest BCUT2D eigenvalue weighted by Crippen LogP contribution is -2.07. The number of aromatic nitrogens is 2. The Morgan fingerprint density at radius 1 is 1.10 bits per heavy atom. The van der Waals surface area contributed by atoms with Crippen molar-refractivity contribution in [3.05, 3.63) is 41.0 Å². The number of nitrogens with one attached hydrogen (secondary N) is 2. The fourth-order valence-corrected chi connectivity index (χ4v) is 1.90. The van der Waals surface area contributed by atoms with E-state index >= 15 is 0 Å². The monoisotopic (exact) mass is 274 g/mol. The highest BCUT2D eigenvalue weighted by Gasteiger charge is 2.09. The lowest BCUT2D eigenvalue weighted by Gasteiger charge is -2.13. The Hall–Kier alpha value is -2.17. The van der Waals surface area contributed by atoms with E-state index < -0.39 is 0 Å². The van der Waals surface area contributed by atoms with Crippen LogP contribution in [0.4, 0.5) is 21.7 Å². The summed E-state index contributed by atoms with van der Waals surface area (Å²) < 4.78 is 13.6. The van der Waals surface area contributed by atoms with Crippen LogP contribution in [0.1, 0.15) is 23.9 Å². The van der Waals surface area contributed by atoms with Gasteiger partial charge < -0.3 is 10.6 Å². The first kappa shape index (κ1) is 14.2. The van der Waals surface area contributed by atoms with Gasteiger partial charge in [0.2, 0.25) is 0 Å². The summed E-state index contributed by atoms with van der Waals surface area (Å²) in [4.78, 5) is 8.74. The molecule has 0 bridgehead atoms. The van der Waals surface area contributed by atoms with Crippen molar-refractivity contribution < 1.29 is 4.39 Å². The van der Waals surface area contributed by atoms with Crippen LogP contribution in [0.15, 0.2) is 18.2 Å². The van der Waals surface area contributed by atoms with E-state index in [0.29, 0.717) is 22.9 Å². The van der Waals surface area contributed by atoms with E-state index in [1.807, 2.05) is 26.8 Å². The molecule has 1 aromatic carbocycles. The minimum absolute atomic E-state index is 0.231. The molecule has 0 saturated heterocycles. The fraction of sp³-hybridized carbons (Fsp3) is 0.333. The first-order valence-corrected chi connectivity index (χ1v) is 6.63. The zero-order valence-corrected chi connectivity index (χ0v) is 12.2. The molecule has 0 aliphatic rings. The van der Waals surface area contributed by atoms with Crippen molar-refractivity contribution in [2.75, 3.05) is 17.2 Å². The molecule has 0 aliphatic heterocycles. The van der Waals surface area contributed by atoms with Gasteiger partial charge in [0.05, 0.1) is 0 Å². The number of benzene rings is 1. The van der Waals surface area contributed by atoms with Crippen molar-refractivity contribution in [1.82, 2.24) is 9.97 Å². The van der Waals surface area contributed by atoms with Crippen LogP contribution in [-0.2, 0) is 0 Å². The van der Waals surface area contributed by atoms with Gasteiger partial charge in [-0.25, -0.2) is 14.4 Å². The highest BCUT2D eigenvalue weighted by atomic mass is 19.1. The van der Waals surface area contributed by atoms with Gasteiger partial charge in [0.1, 0.15) is 23.3 Å². The summed E-state index contributed by atoms with van der Waals surface area (Å²) in [7, 11) is 0. The van der Waals surface area contributed by atoms with Gasteiger partial charge in [-0.05, 0) is 45.4 Å². The number of nitrogens with zero attached hydrogens (tertiary/aromatic N) is 2. The summed E-state index contributed by atoms with van der Waals surface area (Å²) in [5.74, 6) is 1.93. The van der Waals surface area contributed by atoms with E-state index in [9.17, 15) is 4.39 Å². The average Bonchev–Trinajstić information content (AvgIpc) is 2.39. The molecule has 4 nitrogen and oxygen atoms in total. The second-order valence-corrected chi connectivity index (χ2v) is 4.71. The highest BCUT2D eigenvalue weighted by molar-refractivity contribution is 5.64. The Morgan fingerprint density at radius 3 is 2.45 bits per heavy atom. The molecule has 1 aromatic heterocycles. The van der Waals surface area contributed by atoms with Crippen LogP contribution >= 0.6 is 0 Å². The average molecular weight is 274 g/mol. The maximum absolute atomic E-state index is 13.6. The normalized spacial score (nSPS) is 10.4. The molecule has 1 heterocycles. The smallest absolute Gasteiger partial charge is 0.139 e. The zero-order chi connectivity index (χ0) is 14.7. The number of halogens is 1. The largest absolute Gasteiger partial charge is 0.370 e. The van der Waals surface area contributed by atoms with Gasteiger partial charge in [-0.2, -0.15) is 0 Å². The number of hydrogen-bond donors (Lipinski definition) is 2. The third-order valence-corrected chi connectivity index (χ3v) is 3.04. The topological polar surface area (TPSA) is 49.8 Å². The second-order valence-electron chi connectivity index (χ2n) is 4.71. The number of rotatable bonds is 4. The molecule has 0 fully saturated rings. The Labute approximate surface area is 118 Å². The summed E-state index contributed by atoms with van der Waals surface area (Å²) >= 11 is 0. The van der Waals surface area contributed by atoms with E-state index in [1.54, 1.807) is 13.0 Å². The third-order valence-electron chi connectivity index (χ3n) is 3.04. The van der Waals surface area contributed by atoms with Gasteiger partial charge in [0.15, 0.2) is 0 Å². The Bertz CT molecular complexity index is 626. The Balaban J connectivity index is 2.35. The molecule has 0 unspecified atom stereocenters. The van der Waals surface area contributed by atoms with Crippen LogP contribution in [0, 0.1) is 26.6 Å². The summed E-state index contributed by atoms with van der Waals surface area (Å²) in [6.45, 7) is 8.31. The van der Waals surface area contributed by atoms with Crippen molar-refractivity contribution in [3.63, 3.8) is 0 Å². The number of aryl methyl sites for hydroxylation is 2. The summed E-state index contributed by atoms with van der Waals surface area (Å²) in [5, 5.41) is 6.35. The number of hydrogen-bond acceptors (Lipinski definition) is 4. The summed E-state index contributed by atoms with van der Waals surface area (Å²) in [6, 6.07) is 5.05. The predicted octanol–water partition coefficient (Wildman–Crippen LogP) is 3.72. The van der Waals surface area contributed by atoms with E-state index in [0.717, 1.165) is 17.9 Å². The van der Waals surface area contributed by atoms with Crippen LogP contribution in [0.3, 0.4) is 0 Å².